The summed E-state index contributed by atoms with van der Waals surface area (Å²) < 4.78 is 1.11. The highest BCUT2D eigenvalue weighted by molar-refractivity contribution is 14.1. The zero-order chi connectivity index (χ0) is 14.5. The van der Waals surface area contributed by atoms with Gasteiger partial charge in [-0.05, 0) is 71.8 Å². The lowest BCUT2D eigenvalue weighted by atomic mass is 10.1. The Morgan fingerprint density at radius 2 is 1.85 bits per heavy atom. The number of nitrogens with one attached hydrogen (secondary N) is 1. The maximum atomic E-state index is 12.1. The number of carbonyl (C=O) groups is 1. The molecule has 0 aliphatic rings. The van der Waals surface area contributed by atoms with E-state index < -0.39 is 0 Å². The molecule has 0 saturated heterocycles. The molecule has 2 rings (SSSR count). The Morgan fingerprint density at radius 1 is 1.20 bits per heavy atom. The van der Waals surface area contributed by atoms with E-state index in [4.69, 9.17) is 11.6 Å². The van der Waals surface area contributed by atoms with Gasteiger partial charge in [-0.3, -0.25) is 4.79 Å². The van der Waals surface area contributed by atoms with E-state index >= 15 is 0 Å². The summed E-state index contributed by atoms with van der Waals surface area (Å²) in [7, 11) is 0. The minimum Gasteiger partial charge on any atom is -0.349 e. The molecule has 0 heterocycles. The van der Waals surface area contributed by atoms with Crippen LogP contribution >= 0.6 is 34.2 Å². The zero-order valence-electron chi connectivity index (χ0n) is 11.1. The van der Waals surface area contributed by atoms with Gasteiger partial charge in [-0.1, -0.05) is 29.8 Å². The SMILES string of the molecule is CC(Cc1ccccc1Cl)NC(=O)c1ccc(I)cc1. The minimum absolute atomic E-state index is 0.0293. The summed E-state index contributed by atoms with van der Waals surface area (Å²) in [5.41, 5.74) is 1.72. The average molecular weight is 400 g/mol. The smallest absolute Gasteiger partial charge is 0.251 e. The first-order chi connectivity index (χ1) is 9.56. The molecule has 1 N–H and O–H groups in total. The van der Waals surface area contributed by atoms with Crippen LogP contribution in [0, 0.1) is 3.57 Å². The zero-order valence-corrected chi connectivity index (χ0v) is 14.0. The van der Waals surface area contributed by atoms with Crippen LogP contribution in [0.3, 0.4) is 0 Å². The van der Waals surface area contributed by atoms with Gasteiger partial charge in [0.2, 0.25) is 0 Å². The molecule has 0 fully saturated rings. The standard InChI is InChI=1S/C16H15ClINO/c1-11(10-13-4-2-3-5-15(13)17)19-16(20)12-6-8-14(18)9-7-12/h2-9,11H,10H2,1H3,(H,19,20). The van der Waals surface area contributed by atoms with E-state index in [1.165, 1.54) is 0 Å². The molecular formula is C16H15ClINO. The van der Waals surface area contributed by atoms with Gasteiger partial charge in [-0.2, -0.15) is 0 Å². The molecule has 20 heavy (non-hydrogen) atoms. The van der Waals surface area contributed by atoms with E-state index in [0.717, 1.165) is 20.6 Å². The van der Waals surface area contributed by atoms with Gasteiger partial charge in [0.05, 0.1) is 0 Å². The number of hydrogen-bond acceptors (Lipinski definition) is 1. The van der Waals surface area contributed by atoms with Gasteiger partial charge >= 0.3 is 0 Å². The van der Waals surface area contributed by atoms with Crippen LogP contribution in [0.4, 0.5) is 0 Å². The molecule has 0 spiro atoms. The first-order valence-electron chi connectivity index (χ1n) is 6.36. The molecular weight excluding hydrogens is 385 g/mol. The summed E-state index contributed by atoms with van der Waals surface area (Å²) in [6.07, 6.45) is 0.718. The quantitative estimate of drug-likeness (QED) is 0.763. The van der Waals surface area contributed by atoms with Gasteiger partial charge < -0.3 is 5.32 Å². The number of rotatable bonds is 4. The number of benzene rings is 2. The van der Waals surface area contributed by atoms with E-state index in [1.54, 1.807) is 0 Å². The number of hydrogen-bond donors (Lipinski definition) is 1. The summed E-state index contributed by atoms with van der Waals surface area (Å²) in [6.45, 7) is 1.98. The third kappa shape index (κ3) is 4.21. The van der Waals surface area contributed by atoms with Crippen molar-refractivity contribution in [3.05, 3.63) is 68.3 Å². The van der Waals surface area contributed by atoms with Crippen molar-refractivity contribution in [2.24, 2.45) is 0 Å². The molecule has 2 aromatic rings. The molecule has 0 aromatic heterocycles. The Kier molecular flexibility index (Phi) is 5.43. The van der Waals surface area contributed by atoms with Gasteiger partial charge in [0, 0.05) is 20.2 Å². The maximum absolute atomic E-state index is 12.1. The topological polar surface area (TPSA) is 29.1 Å². The first-order valence-corrected chi connectivity index (χ1v) is 7.82. The lowest BCUT2D eigenvalue weighted by molar-refractivity contribution is 0.0940. The van der Waals surface area contributed by atoms with E-state index in [1.807, 2.05) is 55.5 Å². The molecule has 0 saturated carbocycles. The van der Waals surface area contributed by atoms with Gasteiger partial charge in [-0.25, -0.2) is 0 Å². The highest BCUT2D eigenvalue weighted by Crippen LogP contribution is 2.16. The Hall–Kier alpha value is -1.07. The molecule has 4 heteroatoms. The van der Waals surface area contributed by atoms with Crippen molar-refractivity contribution >= 4 is 40.1 Å². The maximum Gasteiger partial charge on any atom is 0.251 e. The van der Waals surface area contributed by atoms with Crippen LogP contribution in [0.15, 0.2) is 48.5 Å². The fourth-order valence-electron chi connectivity index (χ4n) is 1.95. The van der Waals surface area contributed by atoms with Crippen LogP contribution in [0.1, 0.15) is 22.8 Å². The number of halogens is 2. The van der Waals surface area contributed by atoms with Crippen molar-refractivity contribution in [2.75, 3.05) is 0 Å². The lowest BCUT2D eigenvalue weighted by Gasteiger charge is -2.15. The summed E-state index contributed by atoms with van der Waals surface area (Å²) >= 11 is 8.34. The van der Waals surface area contributed by atoms with E-state index in [2.05, 4.69) is 27.9 Å². The van der Waals surface area contributed by atoms with Crippen molar-refractivity contribution in [1.29, 1.82) is 0 Å². The average Bonchev–Trinajstić information content (AvgIpc) is 2.42. The van der Waals surface area contributed by atoms with Crippen molar-refractivity contribution in [3.63, 3.8) is 0 Å². The fraction of sp³-hybridized carbons (Fsp3) is 0.188. The van der Waals surface area contributed by atoms with Crippen LogP contribution in [-0.2, 0) is 6.42 Å². The number of carbonyl (C=O) groups excluding carboxylic acids is 1. The summed E-state index contributed by atoms with van der Waals surface area (Å²) in [6, 6.07) is 15.2. The van der Waals surface area contributed by atoms with Gasteiger partial charge in [0.15, 0.2) is 0 Å². The van der Waals surface area contributed by atoms with Gasteiger partial charge in [0.1, 0.15) is 0 Å². The van der Waals surface area contributed by atoms with Gasteiger partial charge in [0.25, 0.3) is 5.91 Å². The van der Waals surface area contributed by atoms with Crippen LogP contribution in [0.25, 0.3) is 0 Å². The first kappa shape index (κ1) is 15.3. The molecule has 2 aromatic carbocycles. The van der Waals surface area contributed by atoms with E-state index in [0.29, 0.717) is 5.56 Å². The molecule has 1 unspecified atom stereocenters. The van der Waals surface area contributed by atoms with Gasteiger partial charge in [-0.15, -0.1) is 0 Å². The van der Waals surface area contributed by atoms with Crippen molar-refractivity contribution in [1.82, 2.24) is 5.32 Å². The largest absolute Gasteiger partial charge is 0.349 e. The molecule has 104 valence electrons. The summed E-state index contributed by atoms with van der Waals surface area (Å²) in [4.78, 5) is 12.1. The summed E-state index contributed by atoms with van der Waals surface area (Å²) in [5, 5.41) is 3.73. The molecule has 1 atom stereocenters. The van der Waals surface area contributed by atoms with Crippen LogP contribution in [0.2, 0.25) is 5.02 Å². The summed E-state index contributed by atoms with van der Waals surface area (Å²) in [5.74, 6) is -0.0547. The third-order valence-corrected chi connectivity index (χ3v) is 4.06. The molecule has 0 aliphatic carbocycles. The second-order valence-electron chi connectivity index (χ2n) is 4.68. The van der Waals surface area contributed by atoms with Crippen LogP contribution in [-0.4, -0.2) is 11.9 Å². The van der Waals surface area contributed by atoms with Crippen LogP contribution in [0.5, 0.6) is 0 Å². The molecule has 2 nitrogen and oxygen atoms in total. The van der Waals surface area contributed by atoms with Crippen LogP contribution < -0.4 is 5.32 Å². The Balaban J connectivity index is 1.98. The third-order valence-electron chi connectivity index (χ3n) is 2.97. The predicted octanol–water partition coefficient (Wildman–Crippen LogP) is 4.31. The lowest BCUT2D eigenvalue weighted by Crippen LogP contribution is -2.34. The second kappa shape index (κ2) is 7.09. The van der Waals surface area contributed by atoms with Crippen molar-refractivity contribution < 1.29 is 4.79 Å². The molecule has 0 aliphatic heterocycles. The monoisotopic (exact) mass is 399 g/mol. The van der Waals surface area contributed by atoms with Crippen molar-refractivity contribution in [3.8, 4) is 0 Å². The number of amides is 1. The van der Waals surface area contributed by atoms with Crippen molar-refractivity contribution in [2.45, 2.75) is 19.4 Å². The van der Waals surface area contributed by atoms with E-state index in [9.17, 15) is 4.79 Å². The molecule has 0 radical (unpaired) electrons. The Bertz CT molecular complexity index is 598. The fourth-order valence-corrected chi connectivity index (χ4v) is 2.53. The Labute approximate surface area is 137 Å². The van der Waals surface area contributed by atoms with E-state index in [-0.39, 0.29) is 11.9 Å². The highest BCUT2D eigenvalue weighted by atomic mass is 127. The normalized spacial score (nSPS) is 11.9. The second-order valence-corrected chi connectivity index (χ2v) is 6.33. The minimum atomic E-state index is -0.0547. The highest BCUT2D eigenvalue weighted by Gasteiger charge is 2.11. The Morgan fingerprint density at radius 3 is 2.50 bits per heavy atom. The predicted molar refractivity (Wildman–Crippen MR) is 91.2 cm³/mol. The molecule has 0 bridgehead atoms. The molecule has 1 amide bonds.